The van der Waals surface area contributed by atoms with Gasteiger partial charge < -0.3 is 5.73 Å². The highest BCUT2D eigenvalue weighted by atomic mass is 14.5. The van der Waals surface area contributed by atoms with Gasteiger partial charge >= 0.3 is 0 Å². The van der Waals surface area contributed by atoms with Crippen molar-refractivity contribution < 1.29 is 0 Å². The number of allylic oxidation sites excluding steroid dienone is 13. The third-order valence-electron chi connectivity index (χ3n) is 5.54. The van der Waals surface area contributed by atoms with Crippen molar-refractivity contribution in [1.29, 1.82) is 0 Å². The van der Waals surface area contributed by atoms with Crippen molar-refractivity contribution in [3.8, 4) is 0 Å². The Morgan fingerprint density at radius 2 is 1.89 bits per heavy atom. The standard InChI is InChI=1S/C25H36.C2H5N/c1-8-11-13-15-21(6)22-17-14-18-24(23(22)16-12-9-2)25(7,19-10-3)20(4)5;1-2-3/h8-15,17,19-20,24H,1,16,18H2,2-7H3;2H,1,3H2/b12-9-,13-11-,19-10?,21-15+;. The van der Waals surface area contributed by atoms with Crippen molar-refractivity contribution in [3.05, 3.63) is 96.8 Å². The van der Waals surface area contributed by atoms with Gasteiger partial charge in [0, 0.05) is 0 Å². The van der Waals surface area contributed by atoms with E-state index in [0.717, 1.165) is 12.8 Å². The van der Waals surface area contributed by atoms with E-state index in [1.165, 1.54) is 17.3 Å². The van der Waals surface area contributed by atoms with E-state index in [9.17, 15) is 0 Å². The van der Waals surface area contributed by atoms with Crippen LogP contribution in [0.2, 0.25) is 0 Å². The highest BCUT2D eigenvalue weighted by molar-refractivity contribution is 5.48. The number of hydrogen-bond acceptors (Lipinski definition) is 1. The maximum Gasteiger partial charge on any atom is -0.00548 e. The van der Waals surface area contributed by atoms with Gasteiger partial charge in [-0.25, -0.2) is 0 Å². The minimum atomic E-state index is 0.166. The van der Waals surface area contributed by atoms with Gasteiger partial charge in [0.2, 0.25) is 0 Å². The second-order valence-corrected chi connectivity index (χ2v) is 7.63. The number of nitrogens with two attached hydrogens (primary N) is 1. The first-order chi connectivity index (χ1) is 13.3. The second kappa shape index (κ2) is 13.8. The molecule has 0 fully saturated rings. The summed E-state index contributed by atoms with van der Waals surface area (Å²) in [6, 6.07) is 0. The van der Waals surface area contributed by atoms with Gasteiger partial charge in [-0.3, -0.25) is 0 Å². The maximum atomic E-state index is 4.61. The molecule has 0 heterocycles. The molecule has 0 radical (unpaired) electrons. The van der Waals surface area contributed by atoms with Gasteiger partial charge in [0.25, 0.3) is 0 Å². The Bertz CT molecular complexity index is 664. The molecule has 28 heavy (non-hydrogen) atoms. The van der Waals surface area contributed by atoms with Crippen LogP contribution in [0, 0.1) is 17.3 Å². The highest BCUT2D eigenvalue weighted by Crippen LogP contribution is 2.47. The first kappa shape index (κ1) is 25.7. The maximum absolute atomic E-state index is 4.61. The summed E-state index contributed by atoms with van der Waals surface area (Å²) in [6.45, 7) is 20.5. The van der Waals surface area contributed by atoms with E-state index in [1.807, 2.05) is 12.2 Å². The average molecular weight is 380 g/mol. The van der Waals surface area contributed by atoms with E-state index in [4.69, 9.17) is 0 Å². The first-order valence-corrected chi connectivity index (χ1v) is 10.3. The minimum Gasteiger partial charge on any atom is -0.405 e. The van der Waals surface area contributed by atoms with Crippen LogP contribution >= 0.6 is 0 Å². The lowest BCUT2D eigenvalue weighted by Crippen LogP contribution is -2.33. The van der Waals surface area contributed by atoms with E-state index >= 15 is 0 Å². The zero-order chi connectivity index (χ0) is 21.6. The molecule has 0 aromatic rings. The van der Waals surface area contributed by atoms with Crippen LogP contribution in [0.1, 0.15) is 54.4 Å². The molecule has 0 aromatic carbocycles. The first-order valence-electron chi connectivity index (χ1n) is 10.3. The van der Waals surface area contributed by atoms with Crippen LogP contribution < -0.4 is 5.73 Å². The van der Waals surface area contributed by atoms with Gasteiger partial charge in [0.1, 0.15) is 0 Å². The van der Waals surface area contributed by atoms with Crippen LogP contribution in [0.25, 0.3) is 0 Å². The molecule has 0 saturated carbocycles. The van der Waals surface area contributed by atoms with E-state index in [-0.39, 0.29) is 5.41 Å². The van der Waals surface area contributed by atoms with Crippen LogP contribution in [0.15, 0.2) is 96.8 Å². The molecule has 2 N–H and O–H groups in total. The van der Waals surface area contributed by atoms with Crippen molar-refractivity contribution in [2.75, 3.05) is 0 Å². The molecule has 2 unspecified atom stereocenters. The second-order valence-electron chi connectivity index (χ2n) is 7.63. The molecule has 0 bridgehead atoms. The molecule has 1 aliphatic rings. The smallest absolute Gasteiger partial charge is 0.00548 e. The Balaban J connectivity index is 0.00000227. The minimum absolute atomic E-state index is 0.166. The summed E-state index contributed by atoms with van der Waals surface area (Å²) in [7, 11) is 0. The van der Waals surface area contributed by atoms with E-state index in [1.54, 1.807) is 5.57 Å². The summed E-state index contributed by atoms with van der Waals surface area (Å²) < 4.78 is 0. The van der Waals surface area contributed by atoms with Gasteiger partial charge in [-0.1, -0.05) is 100 Å². The highest BCUT2D eigenvalue weighted by Gasteiger charge is 2.37. The Kier molecular flexibility index (Phi) is 12.7. The molecule has 1 heteroatoms. The number of rotatable bonds is 8. The zero-order valence-electron chi connectivity index (χ0n) is 18.9. The third-order valence-corrected chi connectivity index (χ3v) is 5.54. The molecule has 0 saturated heterocycles. The summed E-state index contributed by atoms with van der Waals surface area (Å²) in [5.74, 6) is 1.12. The Labute approximate surface area is 174 Å². The summed E-state index contributed by atoms with van der Waals surface area (Å²) in [6.07, 6.45) is 25.3. The van der Waals surface area contributed by atoms with Crippen molar-refractivity contribution in [1.82, 2.24) is 0 Å². The molecule has 0 aliphatic heterocycles. The molecular formula is C27H41N. The lowest BCUT2D eigenvalue weighted by molar-refractivity contribution is 0.202. The quantitative estimate of drug-likeness (QED) is 0.337. The van der Waals surface area contributed by atoms with Crippen molar-refractivity contribution in [2.24, 2.45) is 23.0 Å². The van der Waals surface area contributed by atoms with E-state index in [0.29, 0.717) is 11.8 Å². The summed E-state index contributed by atoms with van der Waals surface area (Å²) in [5.41, 5.74) is 9.07. The van der Waals surface area contributed by atoms with Crippen LogP contribution in [0.4, 0.5) is 0 Å². The van der Waals surface area contributed by atoms with E-state index < -0.39 is 0 Å². The topological polar surface area (TPSA) is 26.0 Å². The zero-order valence-corrected chi connectivity index (χ0v) is 18.9. The van der Waals surface area contributed by atoms with Gasteiger partial charge in [0.15, 0.2) is 0 Å². The molecule has 1 nitrogen and oxygen atoms in total. The van der Waals surface area contributed by atoms with Crippen LogP contribution in [-0.2, 0) is 0 Å². The number of hydrogen-bond donors (Lipinski definition) is 1. The van der Waals surface area contributed by atoms with Crippen molar-refractivity contribution in [2.45, 2.75) is 54.4 Å². The Morgan fingerprint density at radius 3 is 2.39 bits per heavy atom. The lowest BCUT2D eigenvalue weighted by atomic mass is 9.62. The lowest BCUT2D eigenvalue weighted by Gasteiger charge is -2.42. The van der Waals surface area contributed by atoms with E-state index in [2.05, 4.69) is 109 Å². The predicted octanol–water partition coefficient (Wildman–Crippen LogP) is 7.84. The molecule has 0 amide bonds. The average Bonchev–Trinajstić information content (AvgIpc) is 2.66. The summed E-state index contributed by atoms with van der Waals surface area (Å²) in [5, 5.41) is 0. The molecule has 154 valence electrons. The SMILES string of the molecule is C=C/C=C\C=C(/C)C1=C(C/C=C\C)C(C(C)(C=CC)C(C)C)CC=C1.C=CN. The van der Waals surface area contributed by atoms with Crippen LogP contribution in [0.5, 0.6) is 0 Å². The molecule has 2 atom stereocenters. The van der Waals surface area contributed by atoms with Crippen LogP contribution in [0.3, 0.4) is 0 Å². The fourth-order valence-electron chi connectivity index (χ4n) is 3.71. The van der Waals surface area contributed by atoms with Gasteiger partial charge in [-0.2, -0.15) is 0 Å². The molecule has 1 rings (SSSR count). The molecular weight excluding hydrogens is 338 g/mol. The Hall–Kier alpha value is -2.28. The summed E-state index contributed by atoms with van der Waals surface area (Å²) >= 11 is 0. The molecule has 1 aliphatic carbocycles. The van der Waals surface area contributed by atoms with Crippen molar-refractivity contribution in [3.63, 3.8) is 0 Å². The normalized spacial score (nSPS) is 20.0. The molecule has 0 aromatic heterocycles. The van der Waals surface area contributed by atoms with Gasteiger partial charge in [-0.15, -0.1) is 0 Å². The fourth-order valence-corrected chi connectivity index (χ4v) is 3.71. The summed E-state index contributed by atoms with van der Waals surface area (Å²) in [4.78, 5) is 0. The predicted molar refractivity (Wildman–Crippen MR) is 129 cm³/mol. The van der Waals surface area contributed by atoms with Gasteiger partial charge in [0.05, 0.1) is 0 Å². The monoisotopic (exact) mass is 379 g/mol. The largest absolute Gasteiger partial charge is 0.405 e. The molecule has 0 spiro atoms. The van der Waals surface area contributed by atoms with Crippen LogP contribution in [-0.4, -0.2) is 0 Å². The Morgan fingerprint density at radius 1 is 1.25 bits per heavy atom. The third kappa shape index (κ3) is 7.38. The van der Waals surface area contributed by atoms with Gasteiger partial charge in [-0.05, 0) is 68.2 Å². The van der Waals surface area contributed by atoms with Crippen molar-refractivity contribution >= 4 is 0 Å². The fraction of sp³-hybridized carbons (Fsp3) is 0.407.